The molecule has 1 N–H and O–H groups in total. The lowest BCUT2D eigenvalue weighted by Crippen LogP contribution is -2.32. The van der Waals surface area contributed by atoms with Crippen LogP contribution >= 0.6 is 0 Å². The molecular formula is C19H23NO6. The van der Waals surface area contributed by atoms with Crippen LogP contribution in [0.2, 0.25) is 0 Å². The molecule has 0 bridgehead atoms. The third-order valence-corrected chi connectivity index (χ3v) is 3.48. The van der Waals surface area contributed by atoms with Crippen molar-refractivity contribution in [1.82, 2.24) is 5.32 Å². The second-order valence-corrected chi connectivity index (χ2v) is 5.15. The highest BCUT2D eigenvalue weighted by Crippen LogP contribution is 2.36. The lowest BCUT2D eigenvalue weighted by Gasteiger charge is -2.13. The number of benzene rings is 2. The lowest BCUT2D eigenvalue weighted by atomic mass is 10.3. The molecule has 0 saturated carbocycles. The van der Waals surface area contributed by atoms with Gasteiger partial charge in [-0.3, -0.25) is 4.79 Å². The van der Waals surface area contributed by atoms with E-state index in [0.29, 0.717) is 36.1 Å². The molecule has 26 heavy (non-hydrogen) atoms. The van der Waals surface area contributed by atoms with E-state index in [-0.39, 0.29) is 12.5 Å². The van der Waals surface area contributed by atoms with Gasteiger partial charge in [-0.25, -0.2) is 0 Å². The van der Waals surface area contributed by atoms with Gasteiger partial charge in [-0.05, 0) is 36.4 Å². The Kier molecular flexibility index (Phi) is 7.42. The van der Waals surface area contributed by atoms with Crippen LogP contribution in [0.15, 0.2) is 42.5 Å². The smallest absolute Gasteiger partial charge is 0.258 e. The predicted molar refractivity (Wildman–Crippen MR) is 96.5 cm³/mol. The minimum Gasteiger partial charge on any atom is -0.497 e. The molecule has 0 aromatic heterocycles. The van der Waals surface area contributed by atoms with Gasteiger partial charge in [-0.2, -0.15) is 0 Å². The largest absolute Gasteiger partial charge is 0.497 e. The molecule has 0 aliphatic carbocycles. The van der Waals surface area contributed by atoms with Crippen molar-refractivity contribution < 1.29 is 28.5 Å². The Balaban J connectivity index is 1.72. The van der Waals surface area contributed by atoms with E-state index in [4.69, 9.17) is 23.7 Å². The van der Waals surface area contributed by atoms with Crippen LogP contribution in [0.1, 0.15) is 0 Å². The third kappa shape index (κ3) is 5.47. The molecule has 0 unspecified atom stereocenters. The van der Waals surface area contributed by atoms with E-state index in [1.165, 1.54) is 14.2 Å². The molecule has 0 heterocycles. The first-order valence-corrected chi connectivity index (χ1v) is 8.05. The summed E-state index contributed by atoms with van der Waals surface area (Å²) in [4.78, 5) is 11.9. The number of carbonyl (C=O) groups excluding carboxylic acids is 1. The zero-order chi connectivity index (χ0) is 18.8. The first-order valence-electron chi connectivity index (χ1n) is 8.05. The number of amides is 1. The highest BCUT2D eigenvalue weighted by Gasteiger charge is 2.12. The fourth-order valence-corrected chi connectivity index (χ4v) is 2.20. The SMILES string of the molecule is COc1ccc(OCCNC(=O)COc2cccc(OC)c2OC)cc1. The molecule has 2 aromatic rings. The summed E-state index contributed by atoms with van der Waals surface area (Å²) in [6.07, 6.45) is 0. The first kappa shape index (κ1) is 19.2. The van der Waals surface area contributed by atoms with Crippen LogP contribution in [0.3, 0.4) is 0 Å². The molecule has 0 aliphatic heterocycles. The van der Waals surface area contributed by atoms with Crippen molar-refractivity contribution in [3.63, 3.8) is 0 Å². The molecule has 0 saturated heterocycles. The number of methoxy groups -OCH3 is 3. The van der Waals surface area contributed by atoms with Gasteiger partial charge < -0.3 is 29.0 Å². The zero-order valence-electron chi connectivity index (χ0n) is 15.1. The fraction of sp³-hybridized carbons (Fsp3) is 0.316. The zero-order valence-corrected chi connectivity index (χ0v) is 15.1. The molecule has 0 radical (unpaired) electrons. The lowest BCUT2D eigenvalue weighted by molar-refractivity contribution is -0.123. The number of para-hydroxylation sites is 1. The van der Waals surface area contributed by atoms with E-state index in [1.807, 2.05) is 12.1 Å². The molecule has 0 spiro atoms. The number of hydrogen-bond donors (Lipinski definition) is 1. The molecular weight excluding hydrogens is 338 g/mol. The molecule has 140 valence electrons. The summed E-state index contributed by atoms with van der Waals surface area (Å²) < 4.78 is 26.6. The molecule has 2 aromatic carbocycles. The maximum Gasteiger partial charge on any atom is 0.258 e. The highest BCUT2D eigenvalue weighted by molar-refractivity contribution is 5.77. The van der Waals surface area contributed by atoms with Crippen LogP contribution in [-0.4, -0.2) is 47.0 Å². The van der Waals surface area contributed by atoms with Gasteiger partial charge in [0.25, 0.3) is 5.91 Å². The van der Waals surface area contributed by atoms with E-state index in [2.05, 4.69) is 5.32 Å². The number of hydrogen-bond acceptors (Lipinski definition) is 6. The van der Waals surface area contributed by atoms with E-state index >= 15 is 0 Å². The molecule has 1 amide bonds. The second-order valence-electron chi connectivity index (χ2n) is 5.15. The minimum absolute atomic E-state index is 0.133. The molecule has 2 rings (SSSR count). The Labute approximate surface area is 152 Å². The maximum absolute atomic E-state index is 11.9. The summed E-state index contributed by atoms with van der Waals surface area (Å²) in [7, 11) is 4.66. The van der Waals surface area contributed by atoms with Gasteiger partial charge in [0.05, 0.1) is 27.9 Å². The Hall–Kier alpha value is -3.09. The average Bonchev–Trinajstić information content (AvgIpc) is 2.69. The van der Waals surface area contributed by atoms with E-state index in [0.717, 1.165) is 5.75 Å². The summed E-state index contributed by atoms with van der Waals surface area (Å²) in [6, 6.07) is 12.4. The summed E-state index contributed by atoms with van der Waals surface area (Å²) in [5.74, 6) is 2.64. The molecule has 7 nitrogen and oxygen atoms in total. The number of carbonyl (C=O) groups is 1. The number of rotatable bonds is 10. The van der Waals surface area contributed by atoms with Crippen molar-refractivity contribution in [2.45, 2.75) is 0 Å². The van der Waals surface area contributed by atoms with E-state index in [1.54, 1.807) is 37.4 Å². The topological polar surface area (TPSA) is 75.3 Å². The van der Waals surface area contributed by atoms with Crippen LogP contribution in [-0.2, 0) is 4.79 Å². The quantitative estimate of drug-likeness (QED) is 0.655. The summed E-state index contributed by atoms with van der Waals surface area (Å²) in [5.41, 5.74) is 0. The first-order chi connectivity index (χ1) is 12.7. The maximum atomic E-state index is 11.9. The highest BCUT2D eigenvalue weighted by atomic mass is 16.5. The van der Waals surface area contributed by atoms with Crippen molar-refractivity contribution in [2.24, 2.45) is 0 Å². The van der Waals surface area contributed by atoms with Crippen LogP contribution < -0.4 is 29.0 Å². The number of ether oxygens (including phenoxy) is 5. The van der Waals surface area contributed by atoms with Crippen molar-refractivity contribution in [2.75, 3.05) is 41.1 Å². The molecule has 0 atom stereocenters. The summed E-state index contributed by atoms with van der Waals surface area (Å²) in [5, 5.41) is 2.73. The molecule has 0 fully saturated rings. The second kappa shape index (κ2) is 10.0. The Bertz CT molecular complexity index is 702. The van der Waals surface area contributed by atoms with Crippen LogP contribution in [0.25, 0.3) is 0 Å². The predicted octanol–water partition coefficient (Wildman–Crippen LogP) is 2.29. The van der Waals surface area contributed by atoms with Gasteiger partial charge in [-0.1, -0.05) is 6.07 Å². The van der Waals surface area contributed by atoms with Crippen LogP contribution in [0, 0.1) is 0 Å². The van der Waals surface area contributed by atoms with Crippen molar-refractivity contribution in [3.8, 4) is 28.7 Å². The molecule has 7 heteroatoms. The Morgan fingerprint density at radius 1 is 0.846 bits per heavy atom. The summed E-state index contributed by atoms with van der Waals surface area (Å²) in [6.45, 7) is 0.579. The average molecular weight is 361 g/mol. The van der Waals surface area contributed by atoms with Gasteiger partial charge in [0.15, 0.2) is 18.1 Å². The molecule has 0 aliphatic rings. The Morgan fingerprint density at radius 3 is 2.19 bits per heavy atom. The standard InChI is InChI=1S/C19H23NO6/c1-22-14-7-9-15(10-8-14)25-12-11-20-18(21)13-26-17-6-4-5-16(23-2)19(17)24-3/h4-10H,11-13H2,1-3H3,(H,20,21). The minimum atomic E-state index is -0.256. The van der Waals surface area contributed by atoms with Gasteiger partial charge >= 0.3 is 0 Å². The van der Waals surface area contributed by atoms with Gasteiger partial charge in [0, 0.05) is 0 Å². The Morgan fingerprint density at radius 2 is 1.54 bits per heavy atom. The van der Waals surface area contributed by atoms with Crippen molar-refractivity contribution >= 4 is 5.91 Å². The van der Waals surface area contributed by atoms with Crippen LogP contribution in [0.5, 0.6) is 28.7 Å². The van der Waals surface area contributed by atoms with Crippen molar-refractivity contribution in [3.05, 3.63) is 42.5 Å². The van der Waals surface area contributed by atoms with E-state index in [9.17, 15) is 4.79 Å². The van der Waals surface area contributed by atoms with E-state index < -0.39 is 0 Å². The van der Waals surface area contributed by atoms with Gasteiger partial charge in [0.2, 0.25) is 5.75 Å². The van der Waals surface area contributed by atoms with Gasteiger partial charge in [-0.15, -0.1) is 0 Å². The fourth-order valence-electron chi connectivity index (χ4n) is 2.20. The summed E-state index contributed by atoms with van der Waals surface area (Å²) >= 11 is 0. The van der Waals surface area contributed by atoms with Gasteiger partial charge in [0.1, 0.15) is 18.1 Å². The monoisotopic (exact) mass is 361 g/mol. The van der Waals surface area contributed by atoms with Crippen molar-refractivity contribution in [1.29, 1.82) is 0 Å². The normalized spacial score (nSPS) is 9.96. The van der Waals surface area contributed by atoms with Crippen LogP contribution in [0.4, 0.5) is 0 Å². The number of nitrogens with one attached hydrogen (secondary N) is 1. The third-order valence-electron chi connectivity index (χ3n) is 3.48.